The van der Waals surface area contributed by atoms with E-state index in [9.17, 15) is 9.59 Å². The molecule has 2 aromatic carbocycles. The summed E-state index contributed by atoms with van der Waals surface area (Å²) in [6.45, 7) is 1.18. The van der Waals surface area contributed by atoms with Crippen LogP contribution in [0.2, 0.25) is 0 Å². The third kappa shape index (κ3) is 4.32. The number of piperidine rings is 1. The van der Waals surface area contributed by atoms with E-state index in [1.807, 2.05) is 53.6 Å². The van der Waals surface area contributed by atoms with Crippen molar-refractivity contribution in [2.75, 3.05) is 25.5 Å². The van der Waals surface area contributed by atoms with Crippen molar-refractivity contribution in [1.29, 1.82) is 0 Å². The van der Waals surface area contributed by atoms with Gasteiger partial charge in [-0.25, -0.2) is 0 Å². The van der Waals surface area contributed by atoms with Crippen LogP contribution in [0.4, 0.5) is 5.69 Å². The lowest BCUT2D eigenvalue weighted by molar-refractivity contribution is -0.134. The predicted octanol–water partition coefficient (Wildman–Crippen LogP) is 3.99. The number of para-hydroxylation sites is 3. The molecule has 1 fully saturated rings. The number of amides is 2. The van der Waals surface area contributed by atoms with Crippen LogP contribution >= 0.6 is 0 Å². The van der Waals surface area contributed by atoms with Gasteiger partial charge in [-0.3, -0.25) is 9.59 Å². The minimum atomic E-state index is -0.208. The first-order chi connectivity index (χ1) is 14.7. The lowest BCUT2D eigenvalue weighted by Gasteiger charge is -2.32. The van der Waals surface area contributed by atoms with E-state index < -0.39 is 0 Å². The Bertz CT molecular complexity index is 1040. The molecule has 156 valence electrons. The average molecular weight is 405 g/mol. The molecule has 6 nitrogen and oxygen atoms in total. The zero-order valence-corrected chi connectivity index (χ0v) is 17.2. The summed E-state index contributed by atoms with van der Waals surface area (Å²) in [5.41, 5.74) is 2.90. The van der Waals surface area contributed by atoms with Crippen molar-refractivity contribution in [3.05, 3.63) is 60.3 Å². The van der Waals surface area contributed by atoms with E-state index in [2.05, 4.69) is 16.4 Å². The maximum Gasteiger partial charge on any atom is 0.229 e. The number of carbonyl (C=O) groups is 2. The molecule has 6 heteroatoms. The molecule has 3 aromatic rings. The summed E-state index contributed by atoms with van der Waals surface area (Å²) >= 11 is 0. The van der Waals surface area contributed by atoms with Gasteiger partial charge < -0.3 is 19.9 Å². The lowest BCUT2D eigenvalue weighted by Crippen LogP contribution is -2.43. The number of aryl methyl sites for hydroxylation is 1. The van der Waals surface area contributed by atoms with Crippen LogP contribution in [0.5, 0.6) is 5.75 Å². The Kier molecular flexibility index (Phi) is 6.02. The van der Waals surface area contributed by atoms with Crippen molar-refractivity contribution in [3.8, 4) is 5.75 Å². The number of anilines is 1. The molecule has 0 spiro atoms. The molecule has 1 aliphatic heterocycles. The van der Waals surface area contributed by atoms with Gasteiger partial charge in [0.25, 0.3) is 0 Å². The van der Waals surface area contributed by atoms with Gasteiger partial charge in [0.05, 0.1) is 18.7 Å². The number of hydrogen-bond acceptors (Lipinski definition) is 3. The molecule has 0 radical (unpaired) electrons. The number of benzene rings is 2. The number of likely N-dealkylation sites (tertiary alicyclic amines) is 1. The Morgan fingerprint density at radius 3 is 2.83 bits per heavy atom. The van der Waals surface area contributed by atoms with Crippen LogP contribution in [0.1, 0.15) is 24.8 Å². The first-order valence-corrected chi connectivity index (χ1v) is 10.4. The largest absolute Gasteiger partial charge is 0.495 e. The number of rotatable bonds is 6. The van der Waals surface area contributed by atoms with E-state index in [1.54, 1.807) is 7.11 Å². The van der Waals surface area contributed by atoms with E-state index in [1.165, 1.54) is 0 Å². The molecular formula is C24H27N3O3. The van der Waals surface area contributed by atoms with Crippen molar-refractivity contribution in [2.45, 2.75) is 25.7 Å². The second-order valence-corrected chi connectivity index (χ2v) is 7.73. The van der Waals surface area contributed by atoms with Crippen LogP contribution in [0.15, 0.2) is 54.7 Å². The van der Waals surface area contributed by atoms with E-state index in [4.69, 9.17) is 4.74 Å². The Morgan fingerprint density at radius 2 is 1.97 bits per heavy atom. The summed E-state index contributed by atoms with van der Waals surface area (Å²) in [5, 5.41) is 4.12. The van der Waals surface area contributed by atoms with Crippen molar-refractivity contribution >= 4 is 28.4 Å². The summed E-state index contributed by atoms with van der Waals surface area (Å²) in [7, 11) is 1.58. The molecule has 1 aliphatic rings. The summed E-state index contributed by atoms with van der Waals surface area (Å²) in [6, 6.07) is 15.5. The molecule has 2 heterocycles. The number of aromatic amines is 1. The topological polar surface area (TPSA) is 74.4 Å². The third-order valence-corrected chi connectivity index (χ3v) is 5.79. The molecule has 2 amide bonds. The van der Waals surface area contributed by atoms with Gasteiger partial charge in [-0.05, 0) is 43.0 Å². The maximum absolute atomic E-state index is 12.8. The van der Waals surface area contributed by atoms with Gasteiger partial charge in [-0.2, -0.15) is 0 Å². The van der Waals surface area contributed by atoms with Gasteiger partial charge in [0.2, 0.25) is 11.8 Å². The van der Waals surface area contributed by atoms with Crippen molar-refractivity contribution in [1.82, 2.24) is 9.88 Å². The number of methoxy groups -OCH3 is 1. The van der Waals surface area contributed by atoms with Crippen molar-refractivity contribution in [2.24, 2.45) is 5.92 Å². The van der Waals surface area contributed by atoms with E-state index in [-0.39, 0.29) is 17.7 Å². The summed E-state index contributed by atoms with van der Waals surface area (Å²) in [4.78, 5) is 30.7. The van der Waals surface area contributed by atoms with Gasteiger partial charge in [0.15, 0.2) is 0 Å². The number of nitrogens with one attached hydrogen (secondary N) is 2. The first-order valence-electron chi connectivity index (χ1n) is 10.4. The smallest absolute Gasteiger partial charge is 0.229 e. The van der Waals surface area contributed by atoms with Gasteiger partial charge in [-0.15, -0.1) is 0 Å². The van der Waals surface area contributed by atoms with Crippen LogP contribution < -0.4 is 10.1 Å². The van der Waals surface area contributed by atoms with Gasteiger partial charge in [0.1, 0.15) is 5.75 Å². The summed E-state index contributed by atoms with van der Waals surface area (Å²) < 4.78 is 5.31. The zero-order valence-electron chi connectivity index (χ0n) is 17.2. The van der Waals surface area contributed by atoms with E-state index in [0.717, 1.165) is 29.3 Å². The van der Waals surface area contributed by atoms with Crippen molar-refractivity contribution in [3.63, 3.8) is 0 Å². The quantitative estimate of drug-likeness (QED) is 0.651. The van der Waals surface area contributed by atoms with E-state index >= 15 is 0 Å². The number of nitrogens with zero attached hydrogens (tertiary/aromatic N) is 1. The number of hydrogen-bond donors (Lipinski definition) is 2. The normalized spacial score (nSPS) is 16.4. The van der Waals surface area contributed by atoms with Crippen LogP contribution in [0.3, 0.4) is 0 Å². The maximum atomic E-state index is 12.8. The predicted molar refractivity (Wildman–Crippen MR) is 118 cm³/mol. The SMILES string of the molecule is COc1ccccc1NC(=O)[C@H]1CCCN(C(=O)CCc2c[nH]c3ccccc23)C1. The Morgan fingerprint density at radius 1 is 1.17 bits per heavy atom. The Labute approximate surface area is 176 Å². The number of carbonyl (C=O) groups excluding carboxylic acids is 2. The highest BCUT2D eigenvalue weighted by molar-refractivity contribution is 5.94. The standard InChI is InChI=1S/C24H27N3O3/c1-30-22-11-5-4-10-21(22)26-24(29)18-7-6-14-27(16-18)23(28)13-12-17-15-25-20-9-3-2-8-19(17)20/h2-5,8-11,15,18,25H,6-7,12-14,16H2,1H3,(H,26,29)/t18-/m0/s1. The molecule has 0 unspecified atom stereocenters. The highest BCUT2D eigenvalue weighted by atomic mass is 16.5. The fraction of sp³-hybridized carbons (Fsp3) is 0.333. The second kappa shape index (κ2) is 9.03. The van der Waals surface area contributed by atoms with E-state index in [0.29, 0.717) is 37.4 Å². The summed E-state index contributed by atoms with van der Waals surface area (Å²) in [6.07, 6.45) is 4.74. The molecule has 30 heavy (non-hydrogen) atoms. The summed E-state index contributed by atoms with van der Waals surface area (Å²) in [5.74, 6) is 0.470. The fourth-order valence-corrected chi connectivity index (χ4v) is 4.14. The minimum absolute atomic E-state index is 0.0615. The molecule has 0 aliphatic carbocycles. The second-order valence-electron chi connectivity index (χ2n) is 7.73. The minimum Gasteiger partial charge on any atom is -0.495 e. The molecule has 0 bridgehead atoms. The Hall–Kier alpha value is -3.28. The Balaban J connectivity index is 1.35. The molecule has 2 N–H and O–H groups in total. The van der Waals surface area contributed by atoms with Crippen molar-refractivity contribution < 1.29 is 14.3 Å². The first kappa shape index (κ1) is 20.0. The van der Waals surface area contributed by atoms with Crippen LogP contribution in [0, 0.1) is 5.92 Å². The molecular weight excluding hydrogens is 378 g/mol. The fourth-order valence-electron chi connectivity index (χ4n) is 4.14. The zero-order chi connectivity index (χ0) is 20.9. The number of H-pyrrole nitrogens is 1. The molecule has 0 saturated carbocycles. The van der Waals surface area contributed by atoms with Gasteiger partial charge in [-0.1, -0.05) is 30.3 Å². The lowest BCUT2D eigenvalue weighted by atomic mass is 9.96. The monoisotopic (exact) mass is 405 g/mol. The highest BCUT2D eigenvalue weighted by Gasteiger charge is 2.28. The molecule has 1 atom stereocenters. The van der Waals surface area contributed by atoms with Crippen LogP contribution in [-0.4, -0.2) is 41.9 Å². The highest BCUT2D eigenvalue weighted by Crippen LogP contribution is 2.26. The van der Waals surface area contributed by atoms with Gasteiger partial charge >= 0.3 is 0 Å². The number of fused-ring (bicyclic) bond motifs is 1. The number of aromatic nitrogens is 1. The average Bonchev–Trinajstić information content (AvgIpc) is 3.21. The van der Waals surface area contributed by atoms with Gasteiger partial charge in [0, 0.05) is 36.6 Å². The third-order valence-electron chi connectivity index (χ3n) is 5.79. The molecule has 4 rings (SSSR count). The van der Waals surface area contributed by atoms with Crippen LogP contribution in [-0.2, 0) is 16.0 Å². The molecule has 1 aromatic heterocycles. The number of ether oxygens (including phenoxy) is 1. The van der Waals surface area contributed by atoms with Crippen LogP contribution in [0.25, 0.3) is 10.9 Å². The molecule has 1 saturated heterocycles.